The van der Waals surface area contributed by atoms with Crippen LogP contribution in [0.4, 0.5) is 0 Å². The van der Waals surface area contributed by atoms with Crippen LogP contribution in [0.25, 0.3) is 11.1 Å². The number of hydrogen-bond acceptors (Lipinski definition) is 3. The Morgan fingerprint density at radius 3 is 2.40 bits per heavy atom. The van der Waals surface area contributed by atoms with Gasteiger partial charge in [0.15, 0.2) is 0 Å². The Hall–Kier alpha value is -0.390. The van der Waals surface area contributed by atoms with E-state index in [0.29, 0.717) is 5.92 Å². The topological polar surface area (TPSA) is 43.4 Å². The van der Waals surface area contributed by atoms with E-state index in [0.717, 1.165) is 24.0 Å². The molecule has 0 spiro atoms. The second-order valence-corrected chi connectivity index (χ2v) is 9.67. The molecule has 25 heavy (non-hydrogen) atoms. The molecule has 4 aliphatic carbocycles. The normalized spacial score (nSPS) is 30.4. The molecule has 5 heteroatoms. The van der Waals surface area contributed by atoms with E-state index in [1.54, 1.807) is 6.07 Å². The number of hydrogen-bond donors (Lipinski definition) is 0. The quantitative estimate of drug-likeness (QED) is 0.606. The molecule has 0 aliphatic heterocycles. The van der Waals surface area contributed by atoms with Crippen molar-refractivity contribution in [3.05, 3.63) is 42.5 Å². The zero-order chi connectivity index (χ0) is 17.2. The molecule has 0 unspecified atom stereocenters. The second kappa shape index (κ2) is 6.35. The molecule has 0 heterocycles. The summed E-state index contributed by atoms with van der Waals surface area (Å²) in [7, 11) is -3.77. The molecule has 0 aromatic heterocycles. The fraction of sp³-hybridized carbons (Fsp3) is 0.500. The molecule has 0 radical (unpaired) electrons. The van der Waals surface area contributed by atoms with Crippen LogP contribution in [0.3, 0.4) is 0 Å². The Balaban J connectivity index is 0.00000182. The van der Waals surface area contributed by atoms with Crippen molar-refractivity contribution in [2.45, 2.75) is 51.0 Å². The Morgan fingerprint density at radius 2 is 1.76 bits per heavy atom. The van der Waals surface area contributed by atoms with E-state index in [1.807, 2.05) is 36.4 Å². The molecular weight excluding hydrogens is 343 g/mol. The zero-order valence-electron chi connectivity index (χ0n) is 14.5. The van der Waals surface area contributed by atoms with Crippen LogP contribution in [-0.2, 0) is 14.3 Å². The molecule has 3 atom stereocenters. The van der Waals surface area contributed by atoms with Crippen molar-refractivity contribution < 1.29 is 12.6 Å². The first kappa shape index (κ1) is 19.4. The average molecular weight is 368 g/mol. The summed E-state index contributed by atoms with van der Waals surface area (Å²) in [6, 6.07) is 13.0. The molecular formula is C20H25NaO3S. The Morgan fingerprint density at radius 1 is 1.04 bits per heavy atom. The van der Waals surface area contributed by atoms with Crippen molar-refractivity contribution in [3.8, 4) is 11.1 Å². The summed E-state index contributed by atoms with van der Waals surface area (Å²) in [6.07, 6.45) is 2.84. The van der Waals surface area contributed by atoms with Gasteiger partial charge in [-0.15, -0.1) is 0 Å². The maximum atomic E-state index is 13.0. The monoisotopic (exact) mass is 368 g/mol. The van der Waals surface area contributed by atoms with Gasteiger partial charge in [-0.1, -0.05) is 57.2 Å². The van der Waals surface area contributed by atoms with E-state index in [2.05, 4.69) is 20.8 Å². The molecule has 0 saturated heterocycles. The molecule has 4 aliphatic rings. The van der Waals surface area contributed by atoms with Crippen LogP contribution in [0.2, 0.25) is 0 Å². The minimum atomic E-state index is -3.77. The van der Waals surface area contributed by atoms with E-state index >= 15 is 0 Å². The summed E-state index contributed by atoms with van der Waals surface area (Å²) >= 11 is 0. The SMILES string of the molecule is CC1(C)[C@@H]2CC[C@]1(C)[C@@H](OS(=O)(=O)c1ccc3cccccc1-3)C2.[NaH]. The van der Waals surface area contributed by atoms with Crippen LogP contribution >= 0.6 is 0 Å². The van der Waals surface area contributed by atoms with Crippen LogP contribution in [0.15, 0.2) is 47.4 Å². The first-order valence-corrected chi connectivity index (χ1v) is 10.1. The fourth-order valence-corrected chi connectivity index (χ4v) is 6.28. The standard InChI is InChI=1S/C20H24O3S.Na.H/c1-19(2)15-11-12-20(19,3)18(13-15)23-24(21,22)17-10-9-14-7-5-4-6-8-16(14)17;;/h4-10,15,18H,11-13H2,1-3H3;;/t15-,18+,20-;;/m1../s1. The van der Waals surface area contributed by atoms with Gasteiger partial charge in [-0.2, -0.15) is 8.42 Å². The van der Waals surface area contributed by atoms with Crippen molar-refractivity contribution in [1.29, 1.82) is 0 Å². The molecule has 2 fully saturated rings. The molecule has 130 valence electrons. The summed E-state index contributed by atoms with van der Waals surface area (Å²) < 4.78 is 31.8. The van der Waals surface area contributed by atoms with Gasteiger partial charge in [-0.25, -0.2) is 0 Å². The Kier molecular flexibility index (Phi) is 4.92. The second-order valence-electron chi connectivity index (χ2n) is 8.13. The van der Waals surface area contributed by atoms with Gasteiger partial charge in [0.25, 0.3) is 10.1 Å². The van der Waals surface area contributed by atoms with Gasteiger partial charge in [-0.05, 0) is 42.2 Å². The van der Waals surface area contributed by atoms with Crippen LogP contribution in [0.5, 0.6) is 0 Å². The third-order valence-corrected chi connectivity index (χ3v) is 8.36. The van der Waals surface area contributed by atoms with Gasteiger partial charge >= 0.3 is 29.6 Å². The fourth-order valence-electron chi connectivity index (χ4n) is 4.88. The minimum absolute atomic E-state index is 0. The van der Waals surface area contributed by atoms with E-state index in [1.165, 1.54) is 6.42 Å². The van der Waals surface area contributed by atoms with Crippen LogP contribution in [0.1, 0.15) is 40.0 Å². The van der Waals surface area contributed by atoms with Gasteiger partial charge in [-0.3, -0.25) is 4.18 Å². The third kappa shape index (κ3) is 2.81. The van der Waals surface area contributed by atoms with Crippen LogP contribution in [-0.4, -0.2) is 44.1 Å². The summed E-state index contributed by atoms with van der Waals surface area (Å²) in [6.45, 7) is 6.72. The first-order chi connectivity index (χ1) is 11.3. The third-order valence-electron chi connectivity index (χ3n) is 6.98. The van der Waals surface area contributed by atoms with Crippen molar-refractivity contribution >= 4 is 39.7 Å². The van der Waals surface area contributed by atoms with Crippen LogP contribution < -0.4 is 0 Å². The van der Waals surface area contributed by atoms with Crippen molar-refractivity contribution in [1.82, 2.24) is 0 Å². The van der Waals surface area contributed by atoms with Crippen molar-refractivity contribution in [2.75, 3.05) is 0 Å². The van der Waals surface area contributed by atoms with Crippen LogP contribution in [0, 0.1) is 16.7 Å². The van der Waals surface area contributed by atoms with Crippen molar-refractivity contribution in [2.24, 2.45) is 16.7 Å². The maximum absolute atomic E-state index is 13.0. The van der Waals surface area contributed by atoms with Gasteiger partial charge in [0.2, 0.25) is 0 Å². The molecule has 0 amide bonds. The zero-order valence-corrected chi connectivity index (χ0v) is 15.3. The molecule has 0 N–H and O–H groups in total. The molecule has 3 nitrogen and oxygen atoms in total. The Labute approximate surface area is 172 Å². The van der Waals surface area contributed by atoms with E-state index in [-0.39, 0.29) is 51.4 Å². The van der Waals surface area contributed by atoms with E-state index < -0.39 is 10.1 Å². The van der Waals surface area contributed by atoms with Gasteiger partial charge < -0.3 is 0 Å². The summed E-state index contributed by atoms with van der Waals surface area (Å²) in [4.78, 5) is 0.290. The van der Waals surface area contributed by atoms with E-state index in [4.69, 9.17) is 4.18 Å². The van der Waals surface area contributed by atoms with Gasteiger partial charge in [0, 0.05) is 11.0 Å². The van der Waals surface area contributed by atoms with Gasteiger partial charge in [0.05, 0.1) is 6.10 Å². The average Bonchev–Trinajstić information content (AvgIpc) is 2.98. The number of rotatable bonds is 3. The predicted octanol–water partition coefficient (Wildman–Crippen LogP) is 4.06. The molecule has 0 aromatic carbocycles. The van der Waals surface area contributed by atoms with Crippen molar-refractivity contribution in [3.63, 3.8) is 0 Å². The summed E-state index contributed by atoms with van der Waals surface area (Å²) in [5.74, 6) is 0.553. The van der Waals surface area contributed by atoms with E-state index in [9.17, 15) is 8.42 Å². The predicted molar refractivity (Wildman–Crippen MR) is 102 cm³/mol. The summed E-state index contributed by atoms with van der Waals surface area (Å²) in [5, 5.41) is 0. The Bertz CT molecular complexity index is 861. The molecule has 2 saturated carbocycles. The molecule has 2 bridgehead atoms. The molecule has 0 aromatic rings. The summed E-state index contributed by atoms with van der Waals surface area (Å²) in [5.41, 5.74) is 1.71. The first-order valence-electron chi connectivity index (χ1n) is 8.67. The number of fused-ring (bicyclic) bond motifs is 3. The molecule has 4 rings (SSSR count). The van der Waals surface area contributed by atoms with Gasteiger partial charge in [0.1, 0.15) is 4.90 Å².